The maximum absolute atomic E-state index is 12.8. The largest absolute Gasteiger partial charge is 0.495 e. The van der Waals surface area contributed by atoms with Gasteiger partial charge >= 0.3 is 0 Å². The Balaban J connectivity index is 1.60. The highest BCUT2D eigenvalue weighted by Crippen LogP contribution is 2.29. The fraction of sp³-hybridized carbons (Fsp3) is 0.273. The Morgan fingerprint density at radius 1 is 1.19 bits per heavy atom. The first-order valence-corrected chi connectivity index (χ1v) is 11.0. The first-order chi connectivity index (χ1) is 14.9. The van der Waals surface area contributed by atoms with Gasteiger partial charge in [0.1, 0.15) is 11.6 Å². The molecule has 164 valence electrons. The number of nitrogens with zero attached hydrogens (tertiary/aromatic N) is 2. The van der Waals surface area contributed by atoms with Crippen LogP contribution < -0.4 is 20.7 Å². The van der Waals surface area contributed by atoms with Crippen molar-refractivity contribution >= 4 is 50.7 Å². The van der Waals surface area contributed by atoms with Gasteiger partial charge in [-0.15, -0.1) is 0 Å². The molecule has 1 amide bonds. The van der Waals surface area contributed by atoms with E-state index < -0.39 is 0 Å². The third-order valence-corrected chi connectivity index (χ3v) is 6.20. The normalized spacial score (nSPS) is 14.7. The Labute approximate surface area is 195 Å². The zero-order chi connectivity index (χ0) is 22.4. The number of hydrogen-bond donors (Lipinski definition) is 3. The molecule has 3 rings (SSSR count). The average Bonchev–Trinajstić information content (AvgIpc) is 2.80. The molecule has 1 saturated heterocycles. The zero-order valence-corrected chi connectivity index (χ0v) is 19.5. The summed E-state index contributed by atoms with van der Waals surface area (Å²) in [7, 11) is 1.59. The van der Waals surface area contributed by atoms with Gasteiger partial charge in [0.15, 0.2) is 0 Å². The van der Waals surface area contributed by atoms with E-state index >= 15 is 0 Å². The smallest absolute Gasteiger partial charge is 0.241 e. The number of piperazine rings is 1. The molecule has 0 atom stereocenters. The minimum Gasteiger partial charge on any atom is -0.495 e. The summed E-state index contributed by atoms with van der Waals surface area (Å²) in [6.45, 7) is 2.78. The fourth-order valence-electron chi connectivity index (χ4n) is 3.38. The Kier molecular flexibility index (Phi) is 7.81. The van der Waals surface area contributed by atoms with Crippen LogP contribution in [-0.2, 0) is 4.79 Å². The minimum absolute atomic E-state index is 0.00869. The molecule has 4 N–H and O–H groups in total. The number of ether oxygens (including phenoxy) is 1. The van der Waals surface area contributed by atoms with Gasteiger partial charge in [-0.2, -0.15) is 0 Å². The Morgan fingerprint density at radius 2 is 1.87 bits per heavy atom. The first-order valence-electron chi connectivity index (χ1n) is 9.80. The van der Waals surface area contributed by atoms with Crippen molar-refractivity contribution in [3.63, 3.8) is 0 Å². The number of rotatable bonds is 7. The average molecular weight is 507 g/mol. The molecule has 0 saturated carbocycles. The van der Waals surface area contributed by atoms with E-state index in [1.54, 1.807) is 7.11 Å². The summed E-state index contributed by atoms with van der Waals surface area (Å²) in [4.78, 5) is 16.8. The minimum atomic E-state index is -0.106. The van der Waals surface area contributed by atoms with Gasteiger partial charge < -0.3 is 25.6 Å². The summed E-state index contributed by atoms with van der Waals surface area (Å²) < 4.78 is 5.72. The summed E-state index contributed by atoms with van der Waals surface area (Å²) in [5.41, 5.74) is 8.13. The molecule has 2 aromatic carbocycles. The van der Waals surface area contributed by atoms with Gasteiger partial charge in [-0.25, -0.2) is 0 Å². The van der Waals surface area contributed by atoms with E-state index in [2.05, 4.69) is 26.1 Å². The fourth-order valence-corrected chi connectivity index (χ4v) is 3.94. The van der Waals surface area contributed by atoms with Crippen LogP contribution in [0.2, 0.25) is 5.02 Å². The van der Waals surface area contributed by atoms with Crippen molar-refractivity contribution < 1.29 is 9.53 Å². The van der Waals surface area contributed by atoms with Crippen LogP contribution in [-0.4, -0.2) is 56.5 Å². The van der Waals surface area contributed by atoms with E-state index in [0.29, 0.717) is 34.0 Å². The van der Waals surface area contributed by atoms with Crippen LogP contribution in [0.15, 0.2) is 53.0 Å². The SMILES string of the molecule is COc1cc(N2CCN(C(=O)CN/C(=C(/Br)C(=N)N)c3ccccc3)CC2)ccc1Cl. The summed E-state index contributed by atoms with van der Waals surface area (Å²) in [6, 6.07) is 15.2. The van der Waals surface area contributed by atoms with Crippen LogP contribution in [0.3, 0.4) is 0 Å². The maximum Gasteiger partial charge on any atom is 0.241 e. The second kappa shape index (κ2) is 10.5. The zero-order valence-electron chi connectivity index (χ0n) is 17.2. The van der Waals surface area contributed by atoms with Crippen molar-refractivity contribution in [2.45, 2.75) is 0 Å². The Morgan fingerprint density at radius 3 is 2.48 bits per heavy atom. The van der Waals surface area contributed by atoms with Crippen molar-refractivity contribution in [2.75, 3.05) is 44.7 Å². The molecule has 1 fully saturated rings. The van der Waals surface area contributed by atoms with E-state index in [0.717, 1.165) is 24.3 Å². The van der Waals surface area contributed by atoms with Crippen LogP contribution in [0.4, 0.5) is 5.69 Å². The Bertz CT molecular complexity index is 975. The third kappa shape index (κ3) is 5.71. The first kappa shape index (κ1) is 23.0. The van der Waals surface area contributed by atoms with Crippen molar-refractivity contribution in [3.05, 3.63) is 63.6 Å². The molecular weight excluding hydrogens is 482 g/mol. The molecule has 7 nitrogen and oxygen atoms in total. The topological polar surface area (TPSA) is 94.7 Å². The molecule has 9 heteroatoms. The van der Waals surface area contributed by atoms with Crippen LogP contribution in [0.5, 0.6) is 5.75 Å². The van der Waals surface area contributed by atoms with E-state index in [1.807, 2.05) is 53.4 Å². The molecular formula is C22H25BrClN5O2. The number of anilines is 1. The number of amidine groups is 1. The van der Waals surface area contributed by atoms with Gasteiger partial charge in [-0.3, -0.25) is 10.2 Å². The van der Waals surface area contributed by atoms with E-state index in [4.69, 9.17) is 27.5 Å². The van der Waals surface area contributed by atoms with Gasteiger partial charge in [0, 0.05) is 37.9 Å². The van der Waals surface area contributed by atoms with Crippen molar-refractivity contribution in [2.24, 2.45) is 5.73 Å². The van der Waals surface area contributed by atoms with Gasteiger partial charge in [0.25, 0.3) is 0 Å². The molecule has 1 aliphatic heterocycles. The molecule has 0 unspecified atom stereocenters. The lowest BCUT2D eigenvalue weighted by atomic mass is 10.1. The molecule has 2 aromatic rings. The van der Waals surface area contributed by atoms with Crippen molar-refractivity contribution in [1.29, 1.82) is 5.41 Å². The van der Waals surface area contributed by atoms with E-state index in [-0.39, 0.29) is 18.3 Å². The van der Waals surface area contributed by atoms with Gasteiger partial charge in [-0.05, 0) is 33.6 Å². The lowest BCUT2D eigenvalue weighted by Gasteiger charge is -2.36. The van der Waals surface area contributed by atoms with Crippen LogP contribution in [0.1, 0.15) is 5.56 Å². The predicted molar refractivity (Wildman–Crippen MR) is 129 cm³/mol. The van der Waals surface area contributed by atoms with Crippen molar-refractivity contribution in [3.8, 4) is 5.75 Å². The molecule has 0 spiro atoms. The lowest BCUT2D eigenvalue weighted by Crippen LogP contribution is -2.50. The van der Waals surface area contributed by atoms with Gasteiger partial charge in [0.2, 0.25) is 5.91 Å². The highest BCUT2D eigenvalue weighted by atomic mass is 79.9. The standard InChI is InChI=1S/C22H25BrClN5O2/c1-31-18-13-16(7-8-17(18)24)28-9-11-29(12-10-28)19(30)14-27-21(20(23)22(25)26)15-5-3-2-4-6-15/h2-8,13,27H,9-12,14H2,1H3,(H3,25,26)/b21-20+. The number of amides is 1. The van der Waals surface area contributed by atoms with Crippen LogP contribution >= 0.6 is 27.5 Å². The number of carbonyl (C=O) groups excluding carboxylic acids is 1. The molecule has 0 aromatic heterocycles. The van der Waals surface area contributed by atoms with E-state index in [9.17, 15) is 4.79 Å². The quantitative estimate of drug-likeness (QED) is 0.396. The number of nitrogens with one attached hydrogen (secondary N) is 2. The molecule has 0 bridgehead atoms. The van der Waals surface area contributed by atoms with Crippen LogP contribution in [0.25, 0.3) is 5.70 Å². The highest BCUT2D eigenvalue weighted by Gasteiger charge is 2.22. The second-order valence-electron chi connectivity index (χ2n) is 7.01. The number of hydrogen-bond acceptors (Lipinski definition) is 5. The number of benzene rings is 2. The number of halogens is 2. The third-order valence-electron chi connectivity index (χ3n) is 5.07. The highest BCUT2D eigenvalue weighted by molar-refractivity contribution is 9.12. The summed E-state index contributed by atoms with van der Waals surface area (Å²) in [6.07, 6.45) is 0. The molecule has 1 heterocycles. The molecule has 0 radical (unpaired) electrons. The monoisotopic (exact) mass is 505 g/mol. The lowest BCUT2D eigenvalue weighted by molar-refractivity contribution is -0.130. The molecule has 31 heavy (non-hydrogen) atoms. The summed E-state index contributed by atoms with van der Waals surface area (Å²) >= 11 is 9.47. The molecule has 0 aliphatic carbocycles. The maximum atomic E-state index is 12.8. The summed E-state index contributed by atoms with van der Waals surface area (Å²) in [5.74, 6) is 0.523. The van der Waals surface area contributed by atoms with Crippen molar-refractivity contribution in [1.82, 2.24) is 10.2 Å². The summed E-state index contributed by atoms with van der Waals surface area (Å²) in [5, 5.41) is 11.5. The van der Waals surface area contributed by atoms with E-state index in [1.165, 1.54) is 0 Å². The second-order valence-corrected chi connectivity index (χ2v) is 8.21. The Hall–Kier alpha value is -2.71. The van der Waals surface area contributed by atoms with Gasteiger partial charge in [0.05, 0.1) is 28.9 Å². The number of methoxy groups -OCH3 is 1. The molecule has 1 aliphatic rings. The number of carbonyl (C=O) groups is 1. The predicted octanol–water partition coefficient (Wildman–Crippen LogP) is 3.29. The van der Waals surface area contributed by atoms with Gasteiger partial charge in [-0.1, -0.05) is 41.9 Å². The number of nitrogens with two attached hydrogens (primary N) is 1. The van der Waals surface area contributed by atoms with Crippen LogP contribution in [0, 0.1) is 5.41 Å².